The van der Waals surface area contributed by atoms with Crippen LogP contribution in [0.4, 0.5) is 4.39 Å². The lowest BCUT2D eigenvalue weighted by Crippen LogP contribution is -2.23. The number of halogens is 2. The topological polar surface area (TPSA) is 12.0 Å². The molecule has 106 valence electrons. The number of rotatable bonds is 5. The Morgan fingerprint density at radius 2 is 1.95 bits per heavy atom. The van der Waals surface area contributed by atoms with Crippen molar-refractivity contribution in [3.8, 4) is 0 Å². The van der Waals surface area contributed by atoms with E-state index in [1.807, 2.05) is 18.2 Å². The smallest absolute Gasteiger partial charge is 0.124 e. The third-order valence-corrected chi connectivity index (χ3v) is 3.83. The summed E-state index contributed by atoms with van der Waals surface area (Å²) in [5, 5.41) is 3.49. The van der Waals surface area contributed by atoms with Gasteiger partial charge in [-0.05, 0) is 54.8 Å². The lowest BCUT2D eigenvalue weighted by molar-refractivity contribution is 0.544. The Bertz CT molecular complexity index is 563. The molecule has 0 fully saturated rings. The number of hydrogen-bond acceptors (Lipinski definition) is 1. The summed E-state index contributed by atoms with van der Waals surface area (Å²) in [5.74, 6) is -0.200. The third kappa shape index (κ3) is 3.90. The van der Waals surface area contributed by atoms with Gasteiger partial charge in [0.2, 0.25) is 0 Å². The van der Waals surface area contributed by atoms with Crippen LogP contribution >= 0.6 is 15.9 Å². The molecule has 0 radical (unpaired) electrons. The second-order valence-electron chi connectivity index (χ2n) is 4.95. The summed E-state index contributed by atoms with van der Waals surface area (Å²) < 4.78 is 14.3. The van der Waals surface area contributed by atoms with Crippen LogP contribution in [0, 0.1) is 12.7 Å². The molecule has 0 saturated heterocycles. The summed E-state index contributed by atoms with van der Waals surface area (Å²) in [5.41, 5.74) is 3.52. The van der Waals surface area contributed by atoms with Gasteiger partial charge < -0.3 is 5.32 Å². The maximum Gasteiger partial charge on any atom is 0.124 e. The molecule has 0 amide bonds. The lowest BCUT2D eigenvalue weighted by atomic mass is 9.95. The maximum atomic E-state index is 13.5. The molecule has 1 atom stereocenters. The zero-order valence-corrected chi connectivity index (χ0v) is 13.4. The zero-order chi connectivity index (χ0) is 14.5. The van der Waals surface area contributed by atoms with E-state index in [-0.39, 0.29) is 11.9 Å². The molecule has 3 heteroatoms. The van der Waals surface area contributed by atoms with E-state index in [4.69, 9.17) is 0 Å². The van der Waals surface area contributed by atoms with Crippen LogP contribution in [0.25, 0.3) is 0 Å². The molecule has 1 nitrogen and oxygen atoms in total. The number of likely N-dealkylation sites (N-methyl/N-ethyl adjacent to an activating group) is 1. The van der Waals surface area contributed by atoms with Crippen molar-refractivity contribution in [3.63, 3.8) is 0 Å². The Balaban J connectivity index is 2.28. The van der Waals surface area contributed by atoms with Crippen molar-refractivity contribution in [2.45, 2.75) is 26.3 Å². The largest absolute Gasteiger partial charge is 0.310 e. The average molecular weight is 336 g/mol. The minimum atomic E-state index is -0.200. The normalized spacial score (nSPS) is 12.4. The highest BCUT2D eigenvalue weighted by Crippen LogP contribution is 2.24. The second-order valence-corrected chi connectivity index (χ2v) is 5.86. The minimum Gasteiger partial charge on any atom is -0.310 e. The van der Waals surface area contributed by atoms with Gasteiger partial charge in [0.05, 0.1) is 0 Å². The van der Waals surface area contributed by atoms with Gasteiger partial charge >= 0.3 is 0 Å². The Morgan fingerprint density at radius 3 is 2.60 bits per heavy atom. The number of aryl methyl sites for hydroxylation is 1. The van der Waals surface area contributed by atoms with Crippen LogP contribution in [0.2, 0.25) is 0 Å². The molecule has 0 saturated carbocycles. The van der Waals surface area contributed by atoms with E-state index in [0.717, 1.165) is 23.0 Å². The predicted molar refractivity (Wildman–Crippen MR) is 85.4 cm³/mol. The van der Waals surface area contributed by atoms with Crippen LogP contribution in [0.3, 0.4) is 0 Å². The first kappa shape index (κ1) is 15.2. The van der Waals surface area contributed by atoms with Crippen molar-refractivity contribution in [2.24, 2.45) is 0 Å². The number of nitrogens with one attached hydrogen (secondary N) is 1. The summed E-state index contributed by atoms with van der Waals surface area (Å²) in [6, 6.07) is 13.6. The van der Waals surface area contributed by atoms with Crippen LogP contribution in [-0.4, -0.2) is 6.54 Å². The molecule has 0 aliphatic carbocycles. The van der Waals surface area contributed by atoms with Crippen LogP contribution in [-0.2, 0) is 6.42 Å². The molecular weight excluding hydrogens is 317 g/mol. The molecule has 1 unspecified atom stereocenters. The fourth-order valence-corrected chi connectivity index (χ4v) is 2.99. The molecule has 0 aliphatic heterocycles. The highest BCUT2D eigenvalue weighted by Gasteiger charge is 2.13. The molecule has 20 heavy (non-hydrogen) atoms. The monoisotopic (exact) mass is 335 g/mol. The van der Waals surface area contributed by atoms with Crippen molar-refractivity contribution in [2.75, 3.05) is 6.54 Å². The summed E-state index contributed by atoms with van der Waals surface area (Å²) in [7, 11) is 0. The molecule has 0 spiro atoms. The van der Waals surface area contributed by atoms with E-state index in [0.29, 0.717) is 0 Å². The summed E-state index contributed by atoms with van der Waals surface area (Å²) in [4.78, 5) is 0. The summed E-state index contributed by atoms with van der Waals surface area (Å²) in [6.07, 6.45) is 0.773. The van der Waals surface area contributed by atoms with Crippen LogP contribution in [0.5, 0.6) is 0 Å². The predicted octanol–water partition coefficient (Wildman–Crippen LogP) is 4.79. The average Bonchev–Trinajstić information content (AvgIpc) is 2.37. The number of benzene rings is 2. The van der Waals surface area contributed by atoms with Gasteiger partial charge in [-0.3, -0.25) is 0 Å². The Labute approximate surface area is 128 Å². The Morgan fingerprint density at radius 1 is 1.20 bits per heavy atom. The second kappa shape index (κ2) is 7.00. The van der Waals surface area contributed by atoms with Gasteiger partial charge in [0.25, 0.3) is 0 Å². The van der Waals surface area contributed by atoms with E-state index in [2.05, 4.69) is 47.2 Å². The van der Waals surface area contributed by atoms with Gasteiger partial charge in [0.15, 0.2) is 0 Å². The van der Waals surface area contributed by atoms with Crippen LogP contribution < -0.4 is 5.32 Å². The van der Waals surface area contributed by atoms with Crippen molar-refractivity contribution in [3.05, 3.63) is 69.4 Å². The van der Waals surface area contributed by atoms with Crippen LogP contribution in [0.1, 0.15) is 29.7 Å². The van der Waals surface area contributed by atoms with E-state index < -0.39 is 0 Å². The first-order chi connectivity index (χ1) is 9.60. The van der Waals surface area contributed by atoms with Gasteiger partial charge in [-0.2, -0.15) is 0 Å². The van der Waals surface area contributed by atoms with E-state index in [1.165, 1.54) is 17.2 Å². The fraction of sp³-hybridized carbons (Fsp3) is 0.294. The molecule has 0 aliphatic rings. The van der Waals surface area contributed by atoms with E-state index in [9.17, 15) is 4.39 Å². The molecule has 0 heterocycles. The zero-order valence-electron chi connectivity index (χ0n) is 11.8. The van der Waals surface area contributed by atoms with Gasteiger partial charge in [-0.25, -0.2) is 4.39 Å². The fourth-order valence-electron chi connectivity index (χ4n) is 2.48. The Kier molecular flexibility index (Phi) is 5.32. The molecule has 2 rings (SSSR count). The first-order valence-electron chi connectivity index (χ1n) is 6.84. The standard InChI is InChI=1S/C17H19BrFN/c1-3-20-17(16-7-5-4-6-12(16)2)10-13-8-14(18)11-15(19)9-13/h4-9,11,17,20H,3,10H2,1-2H3. The molecule has 2 aromatic rings. The molecular formula is C17H19BrFN. The SMILES string of the molecule is CCNC(Cc1cc(F)cc(Br)c1)c1ccccc1C. The lowest BCUT2D eigenvalue weighted by Gasteiger charge is -2.20. The van der Waals surface area contributed by atoms with Gasteiger partial charge in [0, 0.05) is 10.5 Å². The van der Waals surface area contributed by atoms with E-state index >= 15 is 0 Å². The van der Waals surface area contributed by atoms with Crippen molar-refractivity contribution in [1.29, 1.82) is 0 Å². The minimum absolute atomic E-state index is 0.200. The summed E-state index contributed by atoms with van der Waals surface area (Å²) in [6.45, 7) is 5.09. The van der Waals surface area contributed by atoms with Gasteiger partial charge in [-0.1, -0.05) is 47.1 Å². The molecule has 2 aromatic carbocycles. The number of hydrogen-bond donors (Lipinski definition) is 1. The van der Waals surface area contributed by atoms with Crippen molar-refractivity contribution in [1.82, 2.24) is 5.32 Å². The van der Waals surface area contributed by atoms with E-state index in [1.54, 1.807) is 6.07 Å². The van der Waals surface area contributed by atoms with Crippen molar-refractivity contribution < 1.29 is 4.39 Å². The first-order valence-corrected chi connectivity index (χ1v) is 7.63. The third-order valence-electron chi connectivity index (χ3n) is 3.38. The van der Waals surface area contributed by atoms with Crippen molar-refractivity contribution >= 4 is 15.9 Å². The molecule has 0 aromatic heterocycles. The van der Waals surface area contributed by atoms with Crippen LogP contribution in [0.15, 0.2) is 46.9 Å². The quantitative estimate of drug-likeness (QED) is 0.828. The highest BCUT2D eigenvalue weighted by atomic mass is 79.9. The molecule has 1 N–H and O–H groups in total. The Hall–Kier alpha value is -1.19. The highest BCUT2D eigenvalue weighted by molar-refractivity contribution is 9.10. The maximum absolute atomic E-state index is 13.5. The summed E-state index contributed by atoms with van der Waals surface area (Å²) >= 11 is 3.35. The van der Waals surface area contributed by atoms with Gasteiger partial charge in [-0.15, -0.1) is 0 Å². The van der Waals surface area contributed by atoms with Gasteiger partial charge in [0.1, 0.15) is 5.82 Å². The molecule has 0 bridgehead atoms.